The number of hydrogen-bond acceptors (Lipinski definition) is 3. The molecule has 0 aromatic heterocycles. The van der Waals surface area contributed by atoms with E-state index in [1.54, 1.807) is 12.1 Å². The summed E-state index contributed by atoms with van der Waals surface area (Å²) in [6.45, 7) is 1.63. The minimum Gasteiger partial charge on any atom is -0.478 e. The van der Waals surface area contributed by atoms with Crippen LogP contribution in [-0.4, -0.2) is 30.8 Å². The van der Waals surface area contributed by atoms with Gasteiger partial charge >= 0.3 is 5.97 Å². The van der Waals surface area contributed by atoms with E-state index in [1.807, 2.05) is 19.2 Å². The Balaban J connectivity index is 1.73. The fraction of sp³-hybridized carbons (Fsp3) is 0.500. The molecular formula is C14H19NO3. The van der Waals surface area contributed by atoms with Crippen molar-refractivity contribution in [3.05, 3.63) is 35.4 Å². The predicted octanol–water partition coefficient (Wildman–Crippen LogP) is 1.90. The molecule has 1 aromatic carbocycles. The van der Waals surface area contributed by atoms with Crippen molar-refractivity contribution in [3.63, 3.8) is 0 Å². The number of carboxylic acids is 1. The maximum absolute atomic E-state index is 10.7. The van der Waals surface area contributed by atoms with E-state index in [4.69, 9.17) is 9.84 Å². The maximum Gasteiger partial charge on any atom is 0.335 e. The normalized spacial score (nSPS) is 22.5. The molecule has 1 fully saturated rings. The first kappa shape index (κ1) is 13.1. The third-order valence-electron chi connectivity index (χ3n) is 3.37. The van der Waals surface area contributed by atoms with Crippen LogP contribution in [0.5, 0.6) is 0 Å². The molecule has 1 aromatic rings. The van der Waals surface area contributed by atoms with Crippen molar-refractivity contribution in [3.8, 4) is 0 Å². The van der Waals surface area contributed by atoms with Crippen LogP contribution >= 0.6 is 0 Å². The van der Waals surface area contributed by atoms with Gasteiger partial charge in [0.2, 0.25) is 0 Å². The minimum absolute atomic E-state index is 0.316. The Labute approximate surface area is 107 Å². The van der Waals surface area contributed by atoms with E-state index >= 15 is 0 Å². The first-order valence-electron chi connectivity index (χ1n) is 6.27. The summed E-state index contributed by atoms with van der Waals surface area (Å²) in [5.41, 5.74) is 1.34. The van der Waals surface area contributed by atoms with Gasteiger partial charge < -0.3 is 15.2 Å². The average Bonchev–Trinajstić information content (AvgIpc) is 2.32. The second kappa shape index (κ2) is 5.98. The van der Waals surface area contributed by atoms with E-state index in [0.29, 0.717) is 18.3 Å². The van der Waals surface area contributed by atoms with Gasteiger partial charge in [0.15, 0.2) is 0 Å². The zero-order valence-corrected chi connectivity index (χ0v) is 10.6. The largest absolute Gasteiger partial charge is 0.478 e. The molecular weight excluding hydrogens is 230 g/mol. The summed E-state index contributed by atoms with van der Waals surface area (Å²) in [7, 11) is 1.97. The molecule has 0 spiro atoms. The SMILES string of the molecule is CNCC1CC(OCc2ccc(C(=O)O)cc2)C1. The van der Waals surface area contributed by atoms with Crippen LogP contribution in [0.15, 0.2) is 24.3 Å². The van der Waals surface area contributed by atoms with Gasteiger partial charge in [0, 0.05) is 0 Å². The van der Waals surface area contributed by atoms with Crippen molar-refractivity contribution in [2.24, 2.45) is 5.92 Å². The Morgan fingerprint density at radius 2 is 2.06 bits per heavy atom. The first-order chi connectivity index (χ1) is 8.69. The van der Waals surface area contributed by atoms with Gasteiger partial charge in [0.1, 0.15) is 0 Å². The second-order valence-corrected chi connectivity index (χ2v) is 4.83. The Morgan fingerprint density at radius 3 is 2.61 bits per heavy atom. The molecule has 0 radical (unpaired) electrons. The number of carbonyl (C=O) groups is 1. The number of hydrogen-bond donors (Lipinski definition) is 2. The standard InChI is InChI=1S/C14H19NO3/c1-15-8-11-6-13(7-11)18-9-10-2-4-12(5-3-10)14(16)17/h2-5,11,13,15H,6-9H2,1H3,(H,16,17). The predicted molar refractivity (Wildman–Crippen MR) is 68.6 cm³/mol. The van der Waals surface area contributed by atoms with Crippen LogP contribution in [-0.2, 0) is 11.3 Å². The van der Waals surface area contributed by atoms with Gasteiger partial charge in [-0.1, -0.05) is 12.1 Å². The monoisotopic (exact) mass is 249 g/mol. The lowest BCUT2D eigenvalue weighted by Gasteiger charge is -2.35. The smallest absolute Gasteiger partial charge is 0.335 e. The van der Waals surface area contributed by atoms with Crippen LogP contribution in [0.2, 0.25) is 0 Å². The van der Waals surface area contributed by atoms with E-state index in [9.17, 15) is 4.79 Å². The summed E-state index contributed by atoms with van der Waals surface area (Å²) < 4.78 is 5.77. The van der Waals surface area contributed by atoms with Gasteiger partial charge in [-0.05, 0) is 50.0 Å². The third kappa shape index (κ3) is 3.31. The fourth-order valence-electron chi connectivity index (χ4n) is 2.22. The summed E-state index contributed by atoms with van der Waals surface area (Å²) in [5.74, 6) is -0.147. The molecule has 0 bridgehead atoms. The van der Waals surface area contributed by atoms with Crippen molar-refractivity contribution in [1.29, 1.82) is 0 Å². The van der Waals surface area contributed by atoms with Gasteiger partial charge in [0.05, 0.1) is 18.3 Å². The summed E-state index contributed by atoms with van der Waals surface area (Å²) >= 11 is 0. The molecule has 0 saturated heterocycles. The fourth-order valence-corrected chi connectivity index (χ4v) is 2.22. The molecule has 18 heavy (non-hydrogen) atoms. The van der Waals surface area contributed by atoms with E-state index in [-0.39, 0.29) is 0 Å². The molecule has 0 atom stereocenters. The lowest BCUT2D eigenvalue weighted by molar-refractivity contribution is -0.0391. The van der Waals surface area contributed by atoms with Gasteiger partial charge in [-0.2, -0.15) is 0 Å². The average molecular weight is 249 g/mol. The highest BCUT2D eigenvalue weighted by molar-refractivity contribution is 5.87. The van der Waals surface area contributed by atoms with E-state index in [2.05, 4.69) is 5.32 Å². The van der Waals surface area contributed by atoms with Crippen molar-refractivity contribution in [2.75, 3.05) is 13.6 Å². The van der Waals surface area contributed by atoms with E-state index in [0.717, 1.165) is 30.9 Å². The molecule has 1 aliphatic rings. The molecule has 2 rings (SSSR count). The molecule has 0 unspecified atom stereocenters. The first-order valence-corrected chi connectivity index (χ1v) is 6.27. The zero-order valence-electron chi connectivity index (χ0n) is 10.6. The number of nitrogens with one attached hydrogen (secondary N) is 1. The maximum atomic E-state index is 10.7. The third-order valence-corrected chi connectivity index (χ3v) is 3.37. The molecule has 4 heteroatoms. The van der Waals surface area contributed by atoms with Crippen LogP contribution in [0.4, 0.5) is 0 Å². The molecule has 4 nitrogen and oxygen atoms in total. The minimum atomic E-state index is -0.892. The number of ether oxygens (including phenoxy) is 1. The number of benzene rings is 1. The highest BCUT2D eigenvalue weighted by Gasteiger charge is 2.28. The summed E-state index contributed by atoms with van der Waals surface area (Å²) in [5, 5.41) is 12.0. The second-order valence-electron chi connectivity index (χ2n) is 4.83. The Kier molecular flexibility index (Phi) is 4.33. The van der Waals surface area contributed by atoms with Crippen LogP contribution in [0.25, 0.3) is 0 Å². The quantitative estimate of drug-likeness (QED) is 0.808. The molecule has 0 heterocycles. The zero-order chi connectivity index (χ0) is 13.0. The van der Waals surface area contributed by atoms with Gasteiger partial charge in [0.25, 0.3) is 0 Å². The van der Waals surface area contributed by atoms with Gasteiger partial charge in [-0.15, -0.1) is 0 Å². The lowest BCUT2D eigenvalue weighted by Crippen LogP contribution is -2.36. The molecule has 0 amide bonds. The molecule has 2 N–H and O–H groups in total. The van der Waals surface area contributed by atoms with Crippen molar-refractivity contribution < 1.29 is 14.6 Å². The highest BCUT2D eigenvalue weighted by Crippen LogP contribution is 2.30. The lowest BCUT2D eigenvalue weighted by atomic mass is 9.82. The Hall–Kier alpha value is -1.39. The van der Waals surface area contributed by atoms with E-state index < -0.39 is 5.97 Å². The van der Waals surface area contributed by atoms with Crippen molar-refractivity contribution in [1.82, 2.24) is 5.32 Å². The molecule has 0 aliphatic heterocycles. The number of aromatic carboxylic acids is 1. The number of carboxylic acid groups (broad SMARTS) is 1. The molecule has 1 aliphatic carbocycles. The van der Waals surface area contributed by atoms with Gasteiger partial charge in [-0.3, -0.25) is 0 Å². The Morgan fingerprint density at radius 1 is 1.39 bits per heavy atom. The van der Waals surface area contributed by atoms with Crippen molar-refractivity contribution >= 4 is 5.97 Å². The Bertz CT molecular complexity index is 396. The van der Waals surface area contributed by atoms with Crippen LogP contribution in [0.3, 0.4) is 0 Å². The van der Waals surface area contributed by atoms with Crippen LogP contribution in [0.1, 0.15) is 28.8 Å². The summed E-state index contributed by atoms with van der Waals surface area (Å²) in [6, 6.07) is 6.86. The van der Waals surface area contributed by atoms with Crippen molar-refractivity contribution in [2.45, 2.75) is 25.6 Å². The van der Waals surface area contributed by atoms with Gasteiger partial charge in [-0.25, -0.2) is 4.79 Å². The summed E-state index contributed by atoms with van der Waals surface area (Å²) in [6.07, 6.45) is 2.60. The topological polar surface area (TPSA) is 58.6 Å². The summed E-state index contributed by atoms with van der Waals surface area (Å²) in [4.78, 5) is 10.7. The van der Waals surface area contributed by atoms with Crippen LogP contribution in [0, 0.1) is 5.92 Å². The number of rotatable bonds is 6. The van der Waals surface area contributed by atoms with Crippen LogP contribution < -0.4 is 5.32 Å². The van der Waals surface area contributed by atoms with E-state index in [1.165, 1.54) is 0 Å². The highest BCUT2D eigenvalue weighted by atomic mass is 16.5. The molecule has 1 saturated carbocycles. The molecule has 98 valence electrons.